The van der Waals surface area contributed by atoms with Gasteiger partial charge in [-0.1, -0.05) is 0 Å². The molecule has 0 amide bonds. The van der Waals surface area contributed by atoms with Gasteiger partial charge in [-0.3, -0.25) is 9.78 Å². The lowest BCUT2D eigenvalue weighted by atomic mass is 10.1. The smallest absolute Gasteiger partial charge is 0.328 e. The van der Waals surface area contributed by atoms with Gasteiger partial charge in [-0.25, -0.2) is 4.79 Å². The third-order valence-corrected chi connectivity index (χ3v) is 2.50. The Morgan fingerprint density at radius 3 is 2.88 bits per heavy atom. The summed E-state index contributed by atoms with van der Waals surface area (Å²) in [5.74, 6) is -0.904. The number of rotatable bonds is 3. The van der Waals surface area contributed by atoms with Gasteiger partial charge < -0.3 is 5.11 Å². The molecular formula is C10H12N4O2. The summed E-state index contributed by atoms with van der Waals surface area (Å²) in [5, 5.41) is 19.6. The van der Waals surface area contributed by atoms with Crippen molar-refractivity contribution >= 4 is 5.97 Å². The summed E-state index contributed by atoms with van der Waals surface area (Å²) in [6.07, 6.45) is 5.04. The summed E-state index contributed by atoms with van der Waals surface area (Å²) in [6, 6.07) is -0.666. The van der Waals surface area contributed by atoms with Crippen LogP contribution in [0.25, 0.3) is 11.1 Å². The van der Waals surface area contributed by atoms with Crippen LogP contribution >= 0.6 is 0 Å². The number of carboxylic acids is 1. The number of aryl methyl sites for hydroxylation is 1. The van der Waals surface area contributed by atoms with E-state index < -0.39 is 12.0 Å². The molecule has 0 radical (unpaired) electrons. The number of hydrogen-bond donors (Lipinski definition) is 2. The van der Waals surface area contributed by atoms with Gasteiger partial charge in [0, 0.05) is 23.0 Å². The highest BCUT2D eigenvalue weighted by Crippen LogP contribution is 2.21. The first kappa shape index (κ1) is 10.4. The maximum absolute atomic E-state index is 10.8. The number of hydrogen-bond acceptors (Lipinski definition) is 3. The Hall–Kier alpha value is -2.11. The predicted molar refractivity (Wildman–Crippen MR) is 56.9 cm³/mol. The van der Waals surface area contributed by atoms with Gasteiger partial charge in [0.25, 0.3) is 0 Å². The zero-order valence-electron chi connectivity index (χ0n) is 9.01. The Morgan fingerprint density at radius 1 is 1.56 bits per heavy atom. The van der Waals surface area contributed by atoms with E-state index in [0.717, 1.165) is 16.8 Å². The molecule has 0 aliphatic carbocycles. The first-order valence-electron chi connectivity index (χ1n) is 4.87. The summed E-state index contributed by atoms with van der Waals surface area (Å²) in [6.45, 7) is 3.49. The molecule has 0 aliphatic rings. The number of aliphatic carboxylic acids is 1. The molecule has 0 unspecified atom stereocenters. The number of H-pyrrole nitrogens is 1. The fraction of sp³-hybridized carbons (Fsp3) is 0.300. The molecule has 0 bridgehead atoms. The van der Waals surface area contributed by atoms with Gasteiger partial charge in [-0.2, -0.15) is 10.2 Å². The quantitative estimate of drug-likeness (QED) is 0.814. The summed E-state index contributed by atoms with van der Waals surface area (Å²) in [4.78, 5) is 10.8. The average molecular weight is 220 g/mol. The standard InChI is InChI=1S/C10H12N4O2/c1-6-9(4-11-13-6)8-3-12-14(5-8)7(2)10(15)16/h3-5,7H,1-2H3,(H,11,13)(H,15,16)/t7-/m1/s1. The number of aromatic amines is 1. The van der Waals surface area contributed by atoms with Crippen molar-refractivity contribution in [2.75, 3.05) is 0 Å². The number of carboxylic acid groups (broad SMARTS) is 1. The monoisotopic (exact) mass is 220 g/mol. The highest BCUT2D eigenvalue weighted by atomic mass is 16.4. The molecular weight excluding hydrogens is 208 g/mol. The Bertz CT molecular complexity index is 514. The molecule has 2 N–H and O–H groups in total. The van der Waals surface area contributed by atoms with E-state index >= 15 is 0 Å². The summed E-state index contributed by atoms with van der Waals surface area (Å²) in [7, 11) is 0. The second-order valence-electron chi connectivity index (χ2n) is 3.63. The van der Waals surface area contributed by atoms with Crippen molar-refractivity contribution in [3.63, 3.8) is 0 Å². The van der Waals surface area contributed by atoms with Crippen molar-refractivity contribution in [2.24, 2.45) is 0 Å². The average Bonchev–Trinajstić information content (AvgIpc) is 2.84. The van der Waals surface area contributed by atoms with Crippen LogP contribution in [-0.4, -0.2) is 31.1 Å². The highest BCUT2D eigenvalue weighted by Gasteiger charge is 2.15. The minimum absolute atomic E-state index is 0.666. The minimum Gasteiger partial charge on any atom is -0.480 e. The van der Waals surface area contributed by atoms with Crippen LogP contribution in [0.4, 0.5) is 0 Å². The lowest BCUT2D eigenvalue weighted by molar-refractivity contribution is -0.140. The highest BCUT2D eigenvalue weighted by molar-refractivity contribution is 5.71. The minimum atomic E-state index is -0.904. The molecule has 84 valence electrons. The molecule has 0 fully saturated rings. The molecule has 1 atom stereocenters. The van der Waals surface area contributed by atoms with Crippen LogP contribution in [0.15, 0.2) is 18.6 Å². The van der Waals surface area contributed by atoms with Crippen molar-refractivity contribution in [3.8, 4) is 11.1 Å². The van der Waals surface area contributed by atoms with E-state index in [9.17, 15) is 4.79 Å². The van der Waals surface area contributed by atoms with E-state index in [1.165, 1.54) is 4.68 Å². The molecule has 2 heterocycles. The van der Waals surface area contributed by atoms with Crippen molar-refractivity contribution < 1.29 is 9.90 Å². The maximum Gasteiger partial charge on any atom is 0.328 e. The van der Waals surface area contributed by atoms with Gasteiger partial charge in [0.05, 0.1) is 12.4 Å². The summed E-state index contributed by atoms with van der Waals surface area (Å²) in [5.41, 5.74) is 2.73. The fourth-order valence-electron chi connectivity index (χ4n) is 1.44. The van der Waals surface area contributed by atoms with Crippen LogP contribution in [0.1, 0.15) is 18.7 Å². The predicted octanol–water partition coefficient (Wildman–Crippen LogP) is 1.23. The SMILES string of the molecule is Cc1[nH]ncc1-c1cnn([C@H](C)C(=O)O)c1. The molecule has 0 aliphatic heterocycles. The summed E-state index contributed by atoms with van der Waals surface area (Å²) < 4.78 is 1.42. The number of nitrogens with zero attached hydrogens (tertiary/aromatic N) is 3. The molecule has 2 aromatic heterocycles. The molecule has 0 aromatic carbocycles. The summed E-state index contributed by atoms with van der Waals surface area (Å²) >= 11 is 0. The second-order valence-corrected chi connectivity index (χ2v) is 3.63. The fourth-order valence-corrected chi connectivity index (χ4v) is 1.44. The molecule has 6 heteroatoms. The first-order chi connectivity index (χ1) is 7.59. The maximum atomic E-state index is 10.8. The second kappa shape index (κ2) is 3.80. The number of carbonyl (C=O) groups is 1. The van der Waals surface area contributed by atoms with E-state index in [0.29, 0.717) is 0 Å². The molecule has 16 heavy (non-hydrogen) atoms. The molecule has 6 nitrogen and oxygen atoms in total. The third kappa shape index (κ3) is 1.69. The van der Waals surface area contributed by atoms with Crippen LogP contribution in [-0.2, 0) is 4.79 Å². The van der Waals surface area contributed by atoms with Gasteiger partial charge >= 0.3 is 5.97 Å². The van der Waals surface area contributed by atoms with E-state index in [1.807, 2.05) is 6.92 Å². The van der Waals surface area contributed by atoms with Crippen LogP contribution in [0.3, 0.4) is 0 Å². The number of nitrogens with one attached hydrogen (secondary N) is 1. The van der Waals surface area contributed by atoms with Crippen molar-refractivity contribution in [3.05, 3.63) is 24.3 Å². The zero-order chi connectivity index (χ0) is 11.7. The largest absolute Gasteiger partial charge is 0.480 e. The topological polar surface area (TPSA) is 83.8 Å². The lowest BCUT2D eigenvalue weighted by Gasteiger charge is -2.04. The van der Waals surface area contributed by atoms with Gasteiger partial charge in [0.15, 0.2) is 0 Å². The van der Waals surface area contributed by atoms with Crippen molar-refractivity contribution in [2.45, 2.75) is 19.9 Å². The molecule has 0 saturated heterocycles. The van der Waals surface area contributed by atoms with Crippen molar-refractivity contribution in [1.29, 1.82) is 0 Å². The van der Waals surface area contributed by atoms with Gasteiger partial charge in [0.2, 0.25) is 0 Å². The molecule has 0 saturated carbocycles. The molecule has 0 spiro atoms. The van der Waals surface area contributed by atoms with Crippen molar-refractivity contribution in [1.82, 2.24) is 20.0 Å². The van der Waals surface area contributed by atoms with Crippen LogP contribution in [0.5, 0.6) is 0 Å². The Kier molecular flexibility index (Phi) is 2.47. The van der Waals surface area contributed by atoms with E-state index in [2.05, 4.69) is 15.3 Å². The third-order valence-electron chi connectivity index (χ3n) is 2.50. The van der Waals surface area contributed by atoms with Gasteiger partial charge in [-0.15, -0.1) is 0 Å². The van der Waals surface area contributed by atoms with Crippen LogP contribution in [0, 0.1) is 6.92 Å². The zero-order valence-corrected chi connectivity index (χ0v) is 9.01. The number of aromatic nitrogens is 4. The normalized spacial score (nSPS) is 12.6. The van der Waals surface area contributed by atoms with Gasteiger partial charge in [-0.05, 0) is 13.8 Å². The van der Waals surface area contributed by atoms with E-state index in [4.69, 9.17) is 5.11 Å². The Morgan fingerprint density at radius 2 is 2.31 bits per heavy atom. The first-order valence-corrected chi connectivity index (χ1v) is 4.87. The Balaban J connectivity index is 2.33. The lowest BCUT2D eigenvalue weighted by Crippen LogP contribution is -2.15. The van der Waals surface area contributed by atoms with Gasteiger partial charge in [0.1, 0.15) is 6.04 Å². The Labute approximate surface area is 91.9 Å². The van der Waals surface area contributed by atoms with E-state index in [1.54, 1.807) is 25.5 Å². The molecule has 2 aromatic rings. The van der Waals surface area contributed by atoms with Crippen LogP contribution in [0.2, 0.25) is 0 Å². The van der Waals surface area contributed by atoms with Crippen LogP contribution < -0.4 is 0 Å². The molecule has 2 rings (SSSR count). The van der Waals surface area contributed by atoms with E-state index in [-0.39, 0.29) is 0 Å².